The van der Waals surface area contributed by atoms with Gasteiger partial charge >= 0.3 is 0 Å². The molecule has 0 saturated carbocycles. The molecule has 80 valence electrons. The highest BCUT2D eigenvalue weighted by Crippen LogP contribution is 2.17. The number of aromatic nitrogens is 2. The molecule has 2 rings (SSSR count). The number of halogens is 1. The van der Waals surface area contributed by atoms with Crippen molar-refractivity contribution in [2.75, 3.05) is 0 Å². The van der Waals surface area contributed by atoms with Gasteiger partial charge in [0.15, 0.2) is 0 Å². The predicted molar refractivity (Wildman–Crippen MR) is 65.3 cm³/mol. The fourth-order valence-corrected chi connectivity index (χ4v) is 1.96. The zero-order valence-electron chi connectivity index (χ0n) is 8.81. The van der Waals surface area contributed by atoms with Gasteiger partial charge in [0.1, 0.15) is 0 Å². The van der Waals surface area contributed by atoms with Crippen molar-refractivity contribution in [3.63, 3.8) is 0 Å². The van der Waals surface area contributed by atoms with Crippen LogP contribution in [0.4, 0.5) is 0 Å². The quantitative estimate of drug-likeness (QED) is 0.846. The minimum Gasteiger partial charge on any atom is -0.238 e. The molecule has 1 aromatic carbocycles. The summed E-state index contributed by atoms with van der Waals surface area (Å²) in [5.74, 6) is 0. The molecule has 0 unspecified atom stereocenters. The van der Waals surface area contributed by atoms with Crippen LogP contribution in [-0.4, -0.2) is 9.78 Å². The summed E-state index contributed by atoms with van der Waals surface area (Å²) in [6, 6.07) is 12.0. The second-order valence-corrected chi connectivity index (χ2v) is 4.42. The fraction of sp³-hybridized carbons (Fsp3) is 0.167. The first-order chi connectivity index (χ1) is 7.70. The normalized spacial score (nSPS) is 10.1. The van der Waals surface area contributed by atoms with Crippen LogP contribution in [0.25, 0.3) is 5.69 Å². The molecule has 1 heterocycles. The summed E-state index contributed by atoms with van der Waals surface area (Å²) in [6.07, 6.45) is 0.349. The fourth-order valence-electron chi connectivity index (χ4n) is 1.58. The summed E-state index contributed by atoms with van der Waals surface area (Å²) in [5.41, 5.74) is 2.83. The molecule has 0 radical (unpaired) electrons. The SMILES string of the molecule is Cc1cc(CC#N)nn1-c1cccc(Br)c1. The largest absolute Gasteiger partial charge is 0.238 e. The van der Waals surface area contributed by atoms with Crippen LogP contribution in [0.5, 0.6) is 0 Å². The van der Waals surface area contributed by atoms with E-state index in [1.807, 2.05) is 41.9 Å². The van der Waals surface area contributed by atoms with E-state index < -0.39 is 0 Å². The molecule has 0 aliphatic carbocycles. The van der Waals surface area contributed by atoms with Gasteiger partial charge in [-0.25, -0.2) is 4.68 Å². The second-order valence-electron chi connectivity index (χ2n) is 3.50. The molecule has 0 N–H and O–H groups in total. The molecule has 3 nitrogen and oxygen atoms in total. The van der Waals surface area contributed by atoms with E-state index in [-0.39, 0.29) is 0 Å². The van der Waals surface area contributed by atoms with Gasteiger partial charge in [0.05, 0.1) is 23.9 Å². The van der Waals surface area contributed by atoms with Crippen LogP contribution >= 0.6 is 15.9 Å². The van der Waals surface area contributed by atoms with Crippen LogP contribution in [-0.2, 0) is 6.42 Å². The third-order valence-electron chi connectivity index (χ3n) is 2.25. The van der Waals surface area contributed by atoms with Crippen LogP contribution in [0, 0.1) is 18.3 Å². The van der Waals surface area contributed by atoms with Crippen LogP contribution in [0.1, 0.15) is 11.4 Å². The van der Waals surface area contributed by atoms with Crippen molar-refractivity contribution in [2.45, 2.75) is 13.3 Å². The van der Waals surface area contributed by atoms with Gasteiger partial charge in [-0.15, -0.1) is 0 Å². The van der Waals surface area contributed by atoms with E-state index in [0.29, 0.717) is 6.42 Å². The Morgan fingerprint density at radius 2 is 2.25 bits per heavy atom. The lowest BCUT2D eigenvalue weighted by Gasteiger charge is -2.04. The summed E-state index contributed by atoms with van der Waals surface area (Å²) in [4.78, 5) is 0. The Kier molecular flexibility index (Phi) is 3.07. The summed E-state index contributed by atoms with van der Waals surface area (Å²) in [7, 11) is 0. The monoisotopic (exact) mass is 275 g/mol. The Morgan fingerprint density at radius 1 is 1.44 bits per heavy atom. The van der Waals surface area contributed by atoms with Gasteiger partial charge in [-0.2, -0.15) is 10.4 Å². The first kappa shape index (κ1) is 10.9. The number of nitriles is 1. The molecule has 0 aliphatic heterocycles. The van der Waals surface area contributed by atoms with Crippen molar-refractivity contribution in [1.82, 2.24) is 9.78 Å². The lowest BCUT2D eigenvalue weighted by atomic mass is 10.3. The number of hydrogen-bond donors (Lipinski definition) is 0. The van der Waals surface area contributed by atoms with Gasteiger partial charge in [0.25, 0.3) is 0 Å². The molecule has 0 bridgehead atoms. The molecular formula is C12H10BrN3. The zero-order valence-corrected chi connectivity index (χ0v) is 10.4. The van der Waals surface area contributed by atoms with Crippen molar-refractivity contribution >= 4 is 15.9 Å². The Balaban J connectivity index is 2.44. The minimum absolute atomic E-state index is 0.349. The molecule has 0 aliphatic rings. The van der Waals surface area contributed by atoms with Gasteiger partial charge in [-0.3, -0.25) is 0 Å². The summed E-state index contributed by atoms with van der Waals surface area (Å²) in [5, 5.41) is 13.0. The summed E-state index contributed by atoms with van der Waals surface area (Å²) in [6.45, 7) is 1.98. The van der Waals surface area contributed by atoms with E-state index in [9.17, 15) is 0 Å². The van der Waals surface area contributed by atoms with E-state index in [1.54, 1.807) is 0 Å². The molecular weight excluding hydrogens is 266 g/mol. The maximum absolute atomic E-state index is 8.63. The smallest absolute Gasteiger partial charge is 0.0793 e. The van der Waals surface area contributed by atoms with Gasteiger partial charge in [0.2, 0.25) is 0 Å². The number of aryl methyl sites for hydroxylation is 1. The van der Waals surface area contributed by atoms with E-state index in [4.69, 9.17) is 5.26 Å². The molecule has 0 fully saturated rings. The molecule has 0 amide bonds. The van der Waals surface area contributed by atoms with Crippen molar-refractivity contribution in [1.29, 1.82) is 5.26 Å². The topological polar surface area (TPSA) is 41.6 Å². The van der Waals surface area contributed by atoms with Gasteiger partial charge in [-0.05, 0) is 31.2 Å². The molecule has 0 atom stereocenters. The first-order valence-electron chi connectivity index (χ1n) is 4.89. The lowest BCUT2D eigenvalue weighted by Crippen LogP contribution is -1.99. The summed E-state index contributed by atoms with van der Waals surface area (Å²) >= 11 is 3.43. The molecule has 4 heteroatoms. The van der Waals surface area contributed by atoms with Crippen LogP contribution < -0.4 is 0 Å². The Labute approximate surface area is 102 Å². The van der Waals surface area contributed by atoms with E-state index >= 15 is 0 Å². The molecule has 0 spiro atoms. The van der Waals surface area contributed by atoms with Crippen molar-refractivity contribution < 1.29 is 0 Å². The van der Waals surface area contributed by atoms with Gasteiger partial charge < -0.3 is 0 Å². The highest BCUT2D eigenvalue weighted by molar-refractivity contribution is 9.10. The summed E-state index contributed by atoms with van der Waals surface area (Å²) < 4.78 is 2.86. The lowest BCUT2D eigenvalue weighted by molar-refractivity contribution is 0.826. The first-order valence-corrected chi connectivity index (χ1v) is 5.68. The number of benzene rings is 1. The van der Waals surface area contributed by atoms with Crippen LogP contribution in [0.2, 0.25) is 0 Å². The van der Waals surface area contributed by atoms with Crippen LogP contribution in [0.3, 0.4) is 0 Å². The zero-order chi connectivity index (χ0) is 11.5. The van der Waals surface area contributed by atoms with Crippen LogP contribution in [0.15, 0.2) is 34.8 Å². The molecule has 16 heavy (non-hydrogen) atoms. The highest BCUT2D eigenvalue weighted by Gasteiger charge is 2.05. The second kappa shape index (κ2) is 4.50. The maximum Gasteiger partial charge on any atom is 0.0793 e. The molecule has 0 saturated heterocycles. The third-order valence-corrected chi connectivity index (χ3v) is 2.74. The Morgan fingerprint density at radius 3 is 2.94 bits per heavy atom. The number of nitrogens with zero attached hydrogens (tertiary/aromatic N) is 3. The highest BCUT2D eigenvalue weighted by atomic mass is 79.9. The van der Waals surface area contributed by atoms with Crippen molar-refractivity contribution in [3.05, 3.63) is 46.2 Å². The number of rotatable bonds is 2. The maximum atomic E-state index is 8.63. The van der Waals surface area contributed by atoms with E-state index in [0.717, 1.165) is 21.5 Å². The standard InChI is InChI=1S/C12H10BrN3/c1-9-7-11(5-6-14)15-16(9)12-4-2-3-10(13)8-12/h2-4,7-8H,5H2,1H3. The van der Waals surface area contributed by atoms with Crippen molar-refractivity contribution in [2.24, 2.45) is 0 Å². The van der Waals surface area contributed by atoms with E-state index in [2.05, 4.69) is 27.1 Å². The van der Waals surface area contributed by atoms with Gasteiger partial charge in [-0.1, -0.05) is 22.0 Å². The Bertz CT molecular complexity index is 552. The average Bonchev–Trinajstić information content (AvgIpc) is 2.60. The third kappa shape index (κ3) is 2.15. The predicted octanol–water partition coefficient (Wildman–Crippen LogP) is 3.01. The van der Waals surface area contributed by atoms with Crippen molar-refractivity contribution in [3.8, 4) is 11.8 Å². The minimum atomic E-state index is 0.349. The van der Waals surface area contributed by atoms with E-state index in [1.165, 1.54) is 0 Å². The molecule has 1 aromatic heterocycles. The van der Waals surface area contributed by atoms with Gasteiger partial charge in [0, 0.05) is 10.2 Å². The molecule has 2 aromatic rings. The number of hydrogen-bond acceptors (Lipinski definition) is 2. The Hall–Kier alpha value is -1.60. The average molecular weight is 276 g/mol.